The molecule has 0 unspecified atom stereocenters. The number of sulfonamides is 1. The zero-order valence-electron chi connectivity index (χ0n) is 7.56. The van der Waals surface area contributed by atoms with Crippen LogP contribution in [0, 0.1) is 11.3 Å². The molecule has 0 atom stereocenters. The third-order valence-corrected chi connectivity index (χ3v) is 2.81. The van der Waals surface area contributed by atoms with Crippen LogP contribution < -0.4 is 4.72 Å². The molecular weight excluding hydrogens is 202 g/mol. The second kappa shape index (κ2) is 4.07. The lowest BCUT2D eigenvalue weighted by Crippen LogP contribution is -2.15. The molecule has 1 aromatic rings. The van der Waals surface area contributed by atoms with Gasteiger partial charge in [-0.3, -0.25) is 4.72 Å². The fourth-order valence-corrected chi connectivity index (χ4v) is 1.36. The minimum atomic E-state index is -3.32. The summed E-state index contributed by atoms with van der Waals surface area (Å²) >= 11 is 0. The number of aromatic nitrogens is 1. The topological polar surface area (TPSA) is 82.9 Å². The molecule has 1 aromatic heterocycles. The minimum absolute atomic E-state index is 0.0224. The molecule has 0 radical (unpaired) electrons. The summed E-state index contributed by atoms with van der Waals surface area (Å²) in [4.78, 5) is 3.78. The first kappa shape index (κ1) is 10.5. The Balaban J connectivity index is 2.94. The van der Waals surface area contributed by atoms with Crippen molar-refractivity contribution in [2.24, 2.45) is 0 Å². The molecule has 0 spiro atoms. The zero-order chi connectivity index (χ0) is 10.6. The van der Waals surface area contributed by atoms with Gasteiger partial charge in [0.15, 0.2) is 0 Å². The lowest BCUT2D eigenvalue weighted by molar-refractivity contribution is 0.602. The van der Waals surface area contributed by atoms with Gasteiger partial charge < -0.3 is 0 Å². The number of nitrogens with one attached hydrogen (secondary N) is 1. The Bertz CT molecular complexity index is 462. The Morgan fingerprint density at radius 2 is 2.36 bits per heavy atom. The molecule has 0 aromatic carbocycles. The van der Waals surface area contributed by atoms with Crippen LogP contribution in [0.5, 0.6) is 0 Å². The maximum Gasteiger partial charge on any atom is 0.233 e. The molecule has 74 valence electrons. The molecule has 5 nitrogen and oxygen atoms in total. The zero-order valence-corrected chi connectivity index (χ0v) is 8.37. The van der Waals surface area contributed by atoms with Crippen molar-refractivity contribution in [3.8, 4) is 6.07 Å². The minimum Gasteiger partial charge on any atom is -0.267 e. The van der Waals surface area contributed by atoms with Crippen molar-refractivity contribution in [1.29, 1.82) is 5.26 Å². The lowest BCUT2D eigenvalue weighted by Gasteiger charge is -2.03. The number of nitriles is 1. The maximum atomic E-state index is 11.1. The first-order valence-electron chi connectivity index (χ1n) is 3.94. The predicted octanol–water partition coefficient (Wildman–Crippen LogP) is 0.715. The van der Waals surface area contributed by atoms with Gasteiger partial charge in [-0.15, -0.1) is 0 Å². The SMILES string of the molecule is CCS(=O)(=O)Nc1cc(C#N)ccn1. The Labute approximate surface area is 82.4 Å². The largest absolute Gasteiger partial charge is 0.267 e. The number of anilines is 1. The van der Waals surface area contributed by atoms with E-state index in [1.807, 2.05) is 6.07 Å². The van der Waals surface area contributed by atoms with Crippen molar-refractivity contribution >= 4 is 15.8 Å². The van der Waals surface area contributed by atoms with E-state index < -0.39 is 10.0 Å². The summed E-state index contributed by atoms with van der Waals surface area (Å²) in [5, 5.41) is 8.56. The van der Waals surface area contributed by atoms with Crippen molar-refractivity contribution < 1.29 is 8.42 Å². The molecule has 1 heterocycles. The van der Waals surface area contributed by atoms with E-state index in [1.165, 1.54) is 25.3 Å². The van der Waals surface area contributed by atoms with Gasteiger partial charge in [-0.05, 0) is 19.1 Å². The second-order valence-electron chi connectivity index (χ2n) is 2.55. The number of rotatable bonds is 3. The Kier molecular flexibility index (Phi) is 3.04. The highest BCUT2D eigenvalue weighted by molar-refractivity contribution is 7.92. The Morgan fingerprint density at radius 3 is 2.93 bits per heavy atom. The van der Waals surface area contributed by atoms with Gasteiger partial charge in [0.25, 0.3) is 0 Å². The van der Waals surface area contributed by atoms with E-state index >= 15 is 0 Å². The van der Waals surface area contributed by atoms with Crippen LogP contribution >= 0.6 is 0 Å². The third kappa shape index (κ3) is 2.71. The third-order valence-electron chi connectivity index (χ3n) is 1.53. The number of pyridine rings is 1. The van der Waals surface area contributed by atoms with Crippen molar-refractivity contribution in [3.05, 3.63) is 23.9 Å². The molecule has 0 bridgehead atoms. The van der Waals surface area contributed by atoms with Gasteiger partial charge in [-0.25, -0.2) is 13.4 Å². The van der Waals surface area contributed by atoms with Gasteiger partial charge in [0.2, 0.25) is 10.0 Å². The molecule has 1 rings (SSSR count). The maximum absolute atomic E-state index is 11.1. The highest BCUT2D eigenvalue weighted by atomic mass is 32.2. The van der Waals surface area contributed by atoms with E-state index in [4.69, 9.17) is 5.26 Å². The summed E-state index contributed by atoms with van der Waals surface area (Å²) in [5.74, 6) is 0.150. The van der Waals surface area contributed by atoms with Crippen LogP contribution in [0.3, 0.4) is 0 Å². The quantitative estimate of drug-likeness (QED) is 0.798. The molecule has 0 amide bonds. The highest BCUT2D eigenvalue weighted by Crippen LogP contribution is 2.07. The van der Waals surface area contributed by atoms with Gasteiger partial charge in [-0.1, -0.05) is 0 Å². The monoisotopic (exact) mass is 211 g/mol. The van der Waals surface area contributed by atoms with Gasteiger partial charge in [-0.2, -0.15) is 5.26 Å². The van der Waals surface area contributed by atoms with E-state index in [0.29, 0.717) is 5.56 Å². The highest BCUT2D eigenvalue weighted by Gasteiger charge is 2.07. The number of hydrogen-bond donors (Lipinski definition) is 1. The molecule has 0 saturated carbocycles. The summed E-state index contributed by atoms with van der Waals surface area (Å²) in [6.07, 6.45) is 1.38. The summed E-state index contributed by atoms with van der Waals surface area (Å²) in [5.41, 5.74) is 0.369. The van der Waals surface area contributed by atoms with Gasteiger partial charge in [0.1, 0.15) is 5.82 Å². The van der Waals surface area contributed by atoms with Crippen LogP contribution in [0.2, 0.25) is 0 Å². The van der Waals surface area contributed by atoms with E-state index in [-0.39, 0.29) is 11.6 Å². The first-order chi connectivity index (χ1) is 6.57. The number of hydrogen-bond acceptors (Lipinski definition) is 4. The molecule has 1 N–H and O–H groups in total. The van der Waals surface area contributed by atoms with Gasteiger partial charge in [0, 0.05) is 6.20 Å². The fraction of sp³-hybridized carbons (Fsp3) is 0.250. The van der Waals surface area contributed by atoms with Gasteiger partial charge in [0.05, 0.1) is 17.4 Å². The normalized spacial score (nSPS) is 10.6. The molecule has 0 saturated heterocycles. The molecule has 6 heteroatoms. The van der Waals surface area contributed by atoms with Crippen LogP contribution in [0.15, 0.2) is 18.3 Å². The van der Waals surface area contributed by atoms with E-state index in [9.17, 15) is 8.42 Å². The smallest absolute Gasteiger partial charge is 0.233 e. The van der Waals surface area contributed by atoms with E-state index in [2.05, 4.69) is 9.71 Å². The Hall–Kier alpha value is -1.61. The van der Waals surface area contributed by atoms with Crippen LogP contribution in [-0.2, 0) is 10.0 Å². The van der Waals surface area contributed by atoms with E-state index in [1.54, 1.807) is 0 Å². The molecular formula is C8H9N3O2S. The lowest BCUT2D eigenvalue weighted by atomic mass is 10.3. The predicted molar refractivity (Wildman–Crippen MR) is 52.0 cm³/mol. The first-order valence-corrected chi connectivity index (χ1v) is 5.59. The van der Waals surface area contributed by atoms with Crippen molar-refractivity contribution in [2.45, 2.75) is 6.92 Å². The van der Waals surface area contributed by atoms with Crippen molar-refractivity contribution in [1.82, 2.24) is 4.98 Å². The fourth-order valence-electron chi connectivity index (χ4n) is 0.787. The Morgan fingerprint density at radius 1 is 1.64 bits per heavy atom. The van der Waals surface area contributed by atoms with Gasteiger partial charge >= 0.3 is 0 Å². The summed E-state index contributed by atoms with van der Waals surface area (Å²) in [6.45, 7) is 1.52. The standard InChI is InChI=1S/C8H9N3O2S/c1-2-14(12,13)11-8-5-7(6-9)3-4-10-8/h3-5H,2H2,1H3,(H,10,11). The molecule has 0 aliphatic heterocycles. The van der Waals surface area contributed by atoms with Crippen LogP contribution in [0.25, 0.3) is 0 Å². The van der Waals surface area contributed by atoms with Crippen LogP contribution in [0.4, 0.5) is 5.82 Å². The van der Waals surface area contributed by atoms with Crippen molar-refractivity contribution in [3.63, 3.8) is 0 Å². The summed E-state index contributed by atoms with van der Waals surface area (Å²) < 4.78 is 24.5. The number of nitrogens with zero attached hydrogens (tertiary/aromatic N) is 2. The van der Waals surface area contributed by atoms with Crippen LogP contribution in [0.1, 0.15) is 12.5 Å². The average Bonchev–Trinajstić information content (AvgIpc) is 2.17. The molecule has 14 heavy (non-hydrogen) atoms. The second-order valence-corrected chi connectivity index (χ2v) is 4.56. The summed E-state index contributed by atoms with van der Waals surface area (Å²) in [6, 6.07) is 4.78. The molecule has 0 fully saturated rings. The average molecular weight is 211 g/mol. The van der Waals surface area contributed by atoms with E-state index in [0.717, 1.165) is 0 Å². The van der Waals surface area contributed by atoms with Crippen LogP contribution in [-0.4, -0.2) is 19.2 Å². The summed E-state index contributed by atoms with van der Waals surface area (Å²) in [7, 11) is -3.32. The molecule has 0 aliphatic rings. The van der Waals surface area contributed by atoms with Crippen molar-refractivity contribution in [2.75, 3.05) is 10.5 Å². The molecule has 0 aliphatic carbocycles.